The average molecular weight is 376 g/mol. The first-order valence-corrected chi connectivity index (χ1v) is 9.76. The van der Waals surface area contributed by atoms with Crippen LogP contribution in [0.1, 0.15) is 24.2 Å². The third-order valence-electron chi connectivity index (χ3n) is 4.00. The molecule has 2 aromatic rings. The lowest BCUT2D eigenvalue weighted by Crippen LogP contribution is -2.30. The first-order valence-electron chi connectivity index (χ1n) is 8.32. The van der Waals surface area contributed by atoms with Gasteiger partial charge in [0.05, 0.1) is 16.3 Å². The first-order chi connectivity index (χ1) is 12.3. The maximum atomic E-state index is 12.7. The van der Waals surface area contributed by atoms with E-state index in [2.05, 4.69) is 10.6 Å². The smallest absolute Gasteiger partial charge is 0.255 e. The van der Waals surface area contributed by atoms with Gasteiger partial charge in [0.25, 0.3) is 5.91 Å². The summed E-state index contributed by atoms with van der Waals surface area (Å²) in [7, 11) is -1.92. The van der Waals surface area contributed by atoms with Crippen LogP contribution >= 0.6 is 0 Å². The Morgan fingerprint density at radius 3 is 2.35 bits per heavy atom. The van der Waals surface area contributed by atoms with Crippen molar-refractivity contribution in [2.75, 3.05) is 36.5 Å². The number of rotatable bonds is 7. The predicted molar refractivity (Wildman–Crippen MR) is 105 cm³/mol. The molecule has 0 aliphatic carbocycles. The molecule has 26 heavy (non-hydrogen) atoms. The third kappa shape index (κ3) is 4.14. The number of sulfonamides is 1. The highest BCUT2D eigenvalue weighted by Crippen LogP contribution is 2.27. The quantitative estimate of drug-likeness (QED) is 0.644. The van der Waals surface area contributed by atoms with Gasteiger partial charge in [-0.2, -0.15) is 4.31 Å². The van der Waals surface area contributed by atoms with Crippen molar-refractivity contribution in [1.82, 2.24) is 4.31 Å². The fourth-order valence-corrected chi connectivity index (χ4v) is 4.08. The predicted octanol–water partition coefficient (Wildman–Crippen LogP) is 2.59. The molecule has 0 radical (unpaired) electrons. The van der Waals surface area contributed by atoms with E-state index in [1.54, 1.807) is 51.2 Å². The van der Waals surface area contributed by atoms with Gasteiger partial charge in [-0.15, -0.1) is 0 Å². The fraction of sp³-hybridized carbons (Fsp3) is 0.278. The summed E-state index contributed by atoms with van der Waals surface area (Å²) in [4.78, 5) is 12.6. The molecular formula is C18H24N4O3S. The number of nitrogens with one attached hydrogen (secondary N) is 2. The van der Waals surface area contributed by atoms with Gasteiger partial charge >= 0.3 is 0 Å². The van der Waals surface area contributed by atoms with Gasteiger partial charge in [-0.3, -0.25) is 4.79 Å². The van der Waals surface area contributed by atoms with Crippen molar-refractivity contribution < 1.29 is 13.2 Å². The normalized spacial score (nSPS) is 11.4. The number of nitrogens with two attached hydrogens (primary N) is 1. The first kappa shape index (κ1) is 19.7. The van der Waals surface area contributed by atoms with Crippen LogP contribution in [0.4, 0.5) is 17.1 Å². The van der Waals surface area contributed by atoms with Gasteiger partial charge in [0.2, 0.25) is 10.0 Å². The summed E-state index contributed by atoms with van der Waals surface area (Å²) in [5.41, 5.74) is 7.58. The maximum absolute atomic E-state index is 12.7. The number of nitrogens with zero attached hydrogens (tertiary/aromatic N) is 1. The molecule has 0 unspecified atom stereocenters. The Labute approximate surface area is 154 Å². The standard InChI is InChI=1S/C18H24N4O3S/c1-4-22(5-2)26(24,25)15-9-10-16(20-3)17(12-15)21-18(23)13-7-6-8-14(19)11-13/h6-12,20H,4-5,19H2,1-3H3,(H,21,23). The highest BCUT2D eigenvalue weighted by molar-refractivity contribution is 7.89. The van der Waals surface area contributed by atoms with Crippen molar-refractivity contribution in [2.45, 2.75) is 18.7 Å². The van der Waals surface area contributed by atoms with E-state index in [1.807, 2.05) is 0 Å². The van der Waals surface area contributed by atoms with E-state index < -0.39 is 10.0 Å². The van der Waals surface area contributed by atoms with Crippen LogP contribution in [0.2, 0.25) is 0 Å². The number of hydrogen-bond donors (Lipinski definition) is 3. The van der Waals surface area contributed by atoms with E-state index in [9.17, 15) is 13.2 Å². The van der Waals surface area contributed by atoms with Crippen LogP contribution in [0.15, 0.2) is 47.4 Å². The topological polar surface area (TPSA) is 105 Å². The maximum Gasteiger partial charge on any atom is 0.255 e. The molecule has 0 spiro atoms. The second-order valence-electron chi connectivity index (χ2n) is 5.63. The van der Waals surface area contributed by atoms with Crippen LogP contribution in [0.3, 0.4) is 0 Å². The number of nitrogen functional groups attached to an aromatic ring is 1. The molecule has 140 valence electrons. The molecule has 0 saturated heterocycles. The number of benzene rings is 2. The molecule has 2 aromatic carbocycles. The SMILES string of the molecule is CCN(CC)S(=O)(=O)c1ccc(NC)c(NC(=O)c2cccc(N)c2)c1. The molecule has 0 aliphatic heterocycles. The summed E-state index contributed by atoms with van der Waals surface area (Å²) in [5.74, 6) is -0.369. The van der Waals surface area contributed by atoms with Crippen LogP contribution < -0.4 is 16.4 Å². The zero-order valence-electron chi connectivity index (χ0n) is 15.1. The summed E-state index contributed by atoms with van der Waals surface area (Å²) in [6.07, 6.45) is 0. The molecule has 1 amide bonds. The molecule has 0 aromatic heterocycles. The number of carbonyl (C=O) groups is 1. The van der Waals surface area contributed by atoms with Crippen LogP contribution in [0, 0.1) is 0 Å². The van der Waals surface area contributed by atoms with E-state index in [-0.39, 0.29) is 10.8 Å². The highest BCUT2D eigenvalue weighted by Gasteiger charge is 2.23. The van der Waals surface area contributed by atoms with Gasteiger partial charge in [0.15, 0.2) is 0 Å². The summed E-state index contributed by atoms with van der Waals surface area (Å²) in [6, 6.07) is 11.2. The van der Waals surface area contributed by atoms with Crippen molar-refractivity contribution in [3.05, 3.63) is 48.0 Å². The Balaban J connectivity index is 2.40. The Morgan fingerprint density at radius 2 is 1.77 bits per heavy atom. The van der Waals surface area contributed by atoms with Gasteiger partial charge in [0, 0.05) is 31.4 Å². The van der Waals surface area contributed by atoms with Crippen LogP contribution in [-0.4, -0.2) is 38.8 Å². The van der Waals surface area contributed by atoms with Crippen molar-refractivity contribution in [3.8, 4) is 0 Å². The fourth-order valence-electron chi connectivity index (χ4n) is 2.59. The lowest BCUT2D eigenvalue weighted by Gasteiger charge is -2.20. The van der Waals surface area contributed by atoms with Gasteiger partial charge in [-0.05, 0) is 36.4 Å². The number of hydrogen-bond acceptors (Lipinski definition) is 5. The van der Waals surface area contributed by atoms with Gasteiger partial charge in [-0.25, -0.2) is 8.42 Å². The van der Waals surface area contributed by atoms with E-state index in [0.717, 1.165) is 0 Å². The number of carbonyl (C=O) groups excluding carboxylic acids is 1. The number of amides is 1. The van der Waals surface area contributed by atoms with Crippen molar-refractivity contribution in [2.24, 2.45) is 0 Å². The summed E-state index contributed by atoms with van der Waals surface area (Å²) >= 11 is 0. The van der Waals surface area contributed by atoms with Crippen LogP contribution in [0.25, 0.3) is 0 Å². The molecule has 0 saturated carbocycles. The van der Waals surface area contributed by atoms with Crippen LogP contribution in [0.5, 0.6) is 0 Å². The van der Waals surface area contributed by atoms with Crippen LogP contribution in [-0.2, 0) is 10.0 Å². The molecule has 4 N–H and O–H groups in total. The molecule has 7 nitrogen and oxygen atoms in total. The molecule has 8 heteroatoms. The minimum Gasteiger partial charge on any atom is -0.399 e. The van der Waals surface area contributed by atoms with Gasteiger partial charge in [0.1, 0.15) is 0 Å². The zero-order chi connectivity index (χ0) is 19.3. The molecular weight excluding hydrogens is 352 g/mol. The van der Waals surface area contributed by atoms with Crippen molar-refractivity contribution in [3.63, 3.8) is 0 Å². The Morgan fingerprint density at radius 1 is 1.08 bits per heavy atom. The van der Waals surface area contributed by atoms with E-state index in [4.69, 9.17) is 5.73 Å². The lowest BCUT2D eigenvalue weighted by molar-refractivity contribution is 0.102. The monoisotopic (exact) mass is 376 g/mol. The van der Waals surface area contributed by atoms with E-state index in [1.165, 1.54) is 16.4 Å². The molecule has 0 fully saturated rings. The minimum atomic E-state index is -3.62. The molecule has 2 rings (SSSR count). The third-order valence-corrected chi connectivity index (χ3v) is 6.05. The Kier molecular flexibility index (Phi) is 6.23. The second-order valence-corrected chi connectivity index (χ2v) is 7.56. The average Bonchev–Trinajstić information content (AvgIpc) is 2.62. The second kappa shape index (κ2) is 8.20. The lowest BCUT2D eigenvalue weighted by atomic mass is 10.2. The minimum absolute atomic E-state index is 0.128. The zero-order valence-corrected chi connectivity index (χ0v) is 15.9. The number of anilines is 3. The van der Waals surface area contributed by atoms with Crippen molar-refractivity contribution in [1.29, 1.82) is 0 Å². The summed E-state index contributed by atoms with van der Waals surface area (Å²) in [6.45, 7) is 4.31. The Hall–Kier alpha value is -2.58. The highest BCUT2D eigenvalue weighted by atomic mass is 32.2. The molecule has 0 heterocycles. The van der Waals surface area contributed by atoms with Gasteiger partial charge < -0.3 is 16.4 Å². The molecule has 0 atom stereocenters. The summed E-state index contributed by atoms with van der Waals surface area (Å²) < 4.78 is 26.8. The molecule has 0 aliphatic rings. The Bertz CT molecular complexity index is 893. The summed E-state index contributed by atoms with van der Waals surface area (Å²) in [5, 5.41) is 5.70. The van der Waals surface area contributed by atoms with Gasteiger partial charge in [-0.1, -0.05) is 19.9 Å². The van der Waals surface area contributed by atoms with E-state index in [0.29, 0.717) is 35.7 Å². The largest absolute Gasteiger partial charge is 0.399 e. The molecule has 0 bridgehead atoms. The van der Waals surface area contributed by atoms with E-state index >= 15 is 0 Å². The van der Waals surface area contributed by atoms with Crippen molar-refractivity contribution >= 4 is 33.0 Å².